The highest BCUT2D eigenvalue weighted by molar-refractivity contribution is 7.99. The summed E-state index contributed by atoms with van der Waals surface area (Å²) in [5.74, 6) is -0.684. The molecule has 2 aromatic carbocycles. The van der Waals surface area contributed by atoms with Gasteiger partial charge in [-0.2, -0.15) is 0 Å². The van der Waals surface area contributed by atoms with Crippen molar-refractivity contribution in [2.45, 2.75) is 16.7 Å². The maximum absolute atomic E-state index is 10.8. The van der Waals surface area contributed by atoms with Crippen molar-refractivity contribution in [2.24, 2.45) is 0 Å². The summed E-state index contributed by atoms with van der Waals surface area (Å²) in [6.45, 7) is 1.88. The molecule has 2 rings (SSSR count). The normalized spacial score (nSPS) is 10.3. The largest absolute Gasteiger partial charge is 0.508 e. The van der Waals surface area contributed by atoms with Crippen LogP contribution in [-0.2, 0) is 0 Å². The number of aryl methyl sites for hydroxylation is 1. The van der Waals surface area contributed by atoms with Crippen molar-refractivity contribution in [1.82, 2.24) is 0 Å². The minimum atomic E-state index is -0.917. The van der Waals surface area contributed by atoms with E-state index in [0.29, 0.717) is 5.56 Å². The van der Waals surface area contributed by atoms with Crippen molar-refractivity contribution in [2.75, 3.05) is 0 Å². The van der Waals surface area contributed by atoms with Crippen LogP contribution in [0.1, 0.15) is 15.9 Å². The van der Waals surface area contributed by atoms with Crippen LogP contribution in [-0.4, -0.2) is 16.2 Å². The average Bonchev–Trinajstić information content (AvgIpc) is 2.34. The van der Waals surface area contributed by atoms with Crippen LogP contribution >= 0.6 is 11.8 Å². The Hall–Kier alpha value is -1.94. The van der Waals surface area contributed by atoms with Crippen LogP contribution in [0.5, 0.6) is 5.75 Å². The Morgan fingerprint density at radius 1 is 1.11 bits per heavy atom. The van der Waals surface area contributed by atoms with Gasteiger partial charge >= 0.3 is 5.97 Å². The number of aromatic carboxylic acids is 1. The van der Waals surface area contributed by atoms with E-state index in [1.54, 1.807) is 30.3 Å². The Morgan fingerprint density at radius 2 is 1.78 bits per heavy atom. The van der Waals surface area contributed by atoms with Gasteiger partial charge in [0.25, 0.3) is 0 Å². The number of carboxylic acids is 1. The smallest absolute Gasteiger partial charge is 0.335 e. The van der Waals surface area contributed by atoms with Gasteiger partial charge in [0.1, 0.15) is 5.75 Å². The third-order valence-corrected chi connectivity index (χ3v) is 3.67. The number of benzene rings is 2. The number of hydrogen-bond acceptors (Lipinski definition) is 3. The van der Waals surface area contributed by atoms with Gasteiger partial charge in [-0.1, -0.05) is 11.8 Å². The lowest BCUT2D eigenvalue weighted by molar-refractivity contribution is 0.0696. The second-order valence-corrected chi connectivity index (χ2v) is 5.00. The molecule has 0 saturated carbocycles. The van der Waals surface area contributed by atoms with Gasteiger partial charge in [0.2, 0.25) is 0 Å². The minimum absolute atomic E-state index is 0.234. The number of hydrogen-bond donors (Lipinski definition) is 2. The van der Waals surface area contributed by atoms with E-state index in [1.165, 1.54) is 11.8 Å². The molecule has 0 aliphatic rings. The summed E-state index contributed by atoms with van der Waals surface area (Å²) in [4.78, 5) is 12.8. The predicted molar refractivity (Wildman–Crippen MR) is 70.4 cm³/mol. The fourth-order valence-electron chi connectivity index (χ4n) is 1.54. The Morgan fingerprint density at radius 3 is 2.33 bits per heavy atom. The predicted octanol–water partition coefficient (Wildman–Crippen LogP) is 3.55. The summed E-state index contributed by atoms with van der Waals surface area (Å²) in [6.07, 6.45) is 0. The summed E-state index contributed by atoms with van der Waals surface area (Å²) >= 11 is 1.54. The average molecular weight is 260 g/mol. The summed E-state index contributed by atoms with van der Waals surface area (Å²) < 4.78 is 0. The van der Waals surface area contributed by atoms with Gasteiger partial charge in [0.15, 0.2) is 0 Å². The van der Waals surface area contributed by atoms with Gasteiger partial charge in [-0.3, -0.25) is 0 Å². The summed E-state index contributed by atoms with van der Waals surface area (Å²) in [6, 6.07) is 12.0. The highest BCUT2D eigenvalue weighted by Crippen LogP contribution is 2.31. The Kier molecular flexibility index (Phi) is 3.58. The van der Waals surface area contributed by atoms with Gasteiger partial charge < -0.3 is 10.2 Å². The molecule has 0 unspecified atom stereocenters. The second-order valence-electron chi connectivity index (χ2n) is 3.88. The molecule has 0 fully saturated rings. The molecule has 0 saturated heterocycles. The number of phenols is 1. The summed E-state index contributed by atoms with van der Waals surface area (Å²) in [7, 11) is 0. The van der Waals surface area contributed by atoms with Crippen molar-refractivity contribution in [3.63, 3.8) is 0 Å². The lowest BCUT2D eigenvalue weighted by Crippen LogP contribution is -1.96. The topological polar surface area (TPSA) is 57.5 Å². The van der Waals surface area contributed by atoms with Gasteiger partial charge in [-0.05, 0) is 55.0 Å². The van der Waals surface area contributed by atoms with Crippen LogP contribution in [0.25, 0.3) is 0 Å². The van der Waals surface area contributed by atoms with E-state index in [0.717, 1.165) is 15.4 Å². The fraction of sp³-hybridized carbons (Fsp3) is 0.0714. The van der Waals surface area contributed by atoms with E-state index in [-0.39, 0.29) is 5.75 Å². The lowest BCUT2D eigenvalue weighted by atomic mass is 10.1. The molecular weight excluding hydrogens is 248 g/mol. The van der Waals surface area contributed by atoms with E-state index in [1.807, 2.05) is 19.1 Å². The molecule has 0 atom stereocenters. The molecule has 0 aromatic heterocycles. The Bertz CT molecular complexity index is 576. The fourth-order valence-corrected chi connectivity index (χ4v) is 2.42. The molecule has 2 N–H and O–H groups in total. The molecule has 0 aliphatic heterocycles. The van der Waals surface area contributed by atoms with Crippen molar-refractivity contribution in [1.29, 1.82) is 0 Å². The van der Waals surface area contributed by atoms with E-state index >= 15 is 0 Å². The van der Waals surface area contributed by atoms with E-state index in [4.69, 9.17) is 5.11 Å². The van der Waals surface area contributed by atoms with Crippen LogP contribution in [0.3, 0.4) is 0 Å². The number of phenolic OH excluding ortho intramolecular Hbond substituents is 1. The van der Waals surface area contributed by atoms with Gasteiger partial charge in [0, 0.05) is 9.79 Å². The van der Waals surface area contributed by atoms with Crippen molar-refractivity contribution in [3.05, 3.63) is 53.6 Å². The molecule has 0 amide bonds. The van der Waals surface area contributed by atoms with Crippen molar-refractivity contribution in [3.8, 4) is 5.75 Å². The third kappa shape index (κ3) is 2.84. The quantitative estimate of drug-likeness (QED) is 0.886. The summed E-state index contributed by atoms with van der Waals surface area (Å²) in [5.41, 5.74) is 1.22. The minimum Gasteiger partial charge on any atom is -0.508 e. The number of aromatic hydroxyl groups is 1. The van der Waals surface area contributed by atoms with E-state index < -0.39 is 5.97 Å². The number of carbonyl (C=O) groups is 1. The zero-order valence-corrected chi connectivity index (χ0v) is 10.6. The van der Waals surface area contributed by atoms with Crippen LogP contribution in [0.15, 0.2) is 52.3 Å². The summed E-state index contributed by atoms with van der Waals surface area (Å²) in [5, 5.41) is 18.1. The molecule has 0 aliphatic carbocycles. The van der Waals surface area contributed by atoms with Crippen LogP contribution in [0.2, 0.25) is 0 Å². The third-order valence-electron chi connectivity index (χ3n) is 2.49. The molecule has 0 radical (unpaired) electrons. The molecule has 0 spiro atoms. The van der Waals surface area contributed by atoms with Gasteiger partial charge in [-0.15, -0.1) is 0 Å². The molecule has 0 heterocycles. The van der Waals surface area contributed by atoms with Crippen LogP contribution < -0.4 is 0 Å². The molecule has 3 nitrogen and oxygen atoms in total. The van der Waals surface area contributed by atoms with Gasteiger partial charge in [-0.25, -0.2) is 4.79 Å². The van der Waals surface area contributed by atoms with E-state index in [9.17, 15) is 9.90 Å². The molecular formula is C14H12O3S. The first kappa shape index (κ1) is 12.5. The maximum Gasteiger partial charge on any atom is 0.335 e. The maximum atomic E-state index is 10.8. The molecule has 0 bridgehead atoms. The first-order chi connectivity index (χ1) is 8.56. The molecule has 2 aromatic rings. The Labute approximate surface area is 109 Å². The standard InChI is InChI=1S/C14H12O3S/c1-9-8-10(14(16)17)2-7-13(9)18-12-5-3-11(15)4-6-12/h2-8,15H,1H3,(H,16,17). The number of carboxylic acid groups (broad SMARTS) is 1. The van der Waals surface area contributed by atoms with Crippen LogP contribution in [0.4, 0.5) is 0 Å². The zero-order chi connectivity index (χ0) is 13.1. The molecule has 18 heavy (non-hydrogen) atoms. The second kappa shape index (κ2) is 5.14. The van der Waals surface area contributed by atoms with Gasteiger partial charge in [0.05, 0.1) is 5.56 Å². The first-order valence-corrected chi connectivity index (χ1v) is 6.19. The highest BCUT2D eigenvalue weighted by Gasteiger charge is 2.06. The molecule has 4 heteroatoms. The monoisotopic (exact) mass is 260 g/mol. The SMILES string of the molecule is Cc1cc(C(=O)O)ccc1Sc1ccc(O)cc1. The number of rotatable bonds is 3. The lowest BCUT2D eigenvalue weighted by Gasteiger charge is -2.06. The van der Waals surface area contributed by atoms with Crippen molar-refractivity contribution >= 4 is 17.7 Å². The van der Waals surface area contributed by atoms with Crippen LogP contribution in [0, 0.1) is 6.92 Å². The zero-order valence-electron chi connectivity index (χ0n) is 9.75. The first-order valence-electron chi connectivity index (χ1n) is 5.37. The Balaban J connectivity index is 2.24. The molecule has 92 valence electrons. The van der Waals surface area contributed by atoms with E-state index in [2.05, 4.69) is 0 Å². The highest BCUT2D eigenvalue weighted by atomic mass is 32.2. The van der Waals surface area contributed by atoms with Crippen molar-refractivity contribution < 1.29 is 15.0 Å².